The second-order valence-corrected chi connectivity index (χ2v) is 13.4. The van der Waals surface area contributed by atoms with E-state index in [9.17, 15) is 10.1 Å². The minimum absolute atomic E-state index is 0.0923. The molecule has 1 amide bonds. The quantitative estimate of drug-likeness (QED) is 0.338. The Morgan fingerprint density at radius 2 is 1.93 bits per heavy atom. The number of hydrogen-bond donors (Lipinski definition) is 2. The second-order valence-electron chi connectivity index (χ2n) is 12.6. The molecular formula is C31H37N7OS. The minimum atomic E-state index is -0.185. The first-order valence-electron chi connectivity index (χ1n) is 13.8. The number of fused-ring (bicyclic) bond motifs is 6. The highest BCUT2D eigenvalue weighted by atomic mass is 32.2. The topological polar surface area (TPSA) is 107 Å². The van der Waals surface area contributed by atoms with Gasteiger partial charge in [0, 0.05) is 41.3 Å². The van der Waals surface area contributed by atoms with E-state index in [1.54, 1.807) is 6.20 Å². The van der Waals surface area contributed by atoms with Gasteiger partial charge in [-0.3, -0.25) is 14.5 Å². The molecule has 0 radical (unpaired) electrons. The van der Waals surface area contributed by atoms with Crippen LogP contribution in [0.1, 0.15) is 87.7 Å². The summed E-state index contributed by atoms with van der Waals surface area (Å²) in [5.74, 6) is 1.99. The molecule has 3 aromatic rings. The molecule has 1 saturated heterocycles. The van der Waals surface area contributed by atoms with Crippen molar-refractivity contribution in [3.63, 3.8) is 0 Å². The van der Waals surface area contributed by atoms with Gasteiger partial charge >= 0.3 is 0 Å². The highest BCUT2D eigenvalue weighted by Gasteiger charge is 2.43. The number of nitriles is 1. The number of anilines is 2. The van der Waals surface area contributed by atoms with Crippen LogP contribution in [0.2, 0.25) is 0 Å². The van der Waals surface area contributed by atoms with Crippen LogP contribution in [-0.2, 0) is 5.41 Å². The van der Waals surface area contributed by atoms with Gasteiger partial charge in [0.1, 0.15) is 22.7 Å². The number of amides is 1. The summed E-state index contributed by atoms with van der Waals surface area (Å²) < 4.78 is 3.00. The van der Waals surface area contributed by atoms with Crippen molar-refractivity contribution >= 4 is 29.5 Å². The third-order valence-electron chi connectivity index (χ3n) is 8.03. The molecule has 0 aromatic carbocycles. The van der Waals surface area contributed by atoms with E-state index in [0.717, 1.165) is 36.6 Å². The van der Waals surface area contributed by atoms with Crippen molar-refractivity contribution in [3.05, 3.63) is 71.2 Å². The van der Waals surface area contributed by atoms with Crippen molar-refractivity contribution in [2.75, 3.05) is 16.8 Å². The van der Waals surface area contributed by atoms with Crippen molar-refractivity contribution in [3.8, 4) is 6.07 Å². The highest BCUT2D eigenvalue weighted by Crippen LogP contribution is 2.43. The van der Waals surface area contributed by atoms with Crippen LogP contribution in [0.3, 0.4) is 0 Å². The summed E-state index contributed by atoms with van der Waals surface area (Å²) >= 11 is 1.20. The summed E-state index contributed by atoms with van der Waals surface area (Å²) in [5.41, 5.74) is 2.62. The fraction of sp³-hybridized carbons (Fsp3) is 0.452. The first kappa shape index (κ1) is 27.9. The van der Waals surface area contributed by atoms with Crippen LogP contribution in [0.4, 0.5) is 11.6 Å². The van der Waals surface area contributed by atoms with Gasteiger partial charge in [-0.15, -0.1) is 0 Å². The number of aromatic nitrogens is 3. The number of nitrogens with zero attached hydrogens (tertiary/aromatic N) is 5. The fourth-order valence-electron chi connectivity index (χ4n) is 5.68. The normalized spacial score (nSPS) is 22.7. The molecule has 8 nitrogen and oxygen atoms in total. The molecule has 3 aromatic heterocycles. The van der Waals surface area contributed by atoms with E-state index in [4.69, 9.17) is 9.97 Å². The van der Waals surface area contributed by atoms with Crippen LogP contribution in [0.25, 0.3) is 0 Å². The van der Waals surface area contributed by atoms with Crippen LogP contribution >= 0.6 is 11.9 Å². The molecule has 2 aliphatic rings. The monoisotopic (exact) mass is 555 g/mol. The van der Waals surface area contributed by atoms with Gasteiger partial charge in [-0.2, -0.15) is 5.26 Å². The Kier molecular flexibility index (Phi) is 7.49. The van der Waals surface area contributed by atoms with Gasteiger partial charge in [-0.05, 0) is 74.9 Å². The zero-order valence-electron chi connectivity index (χ0n) is 24.0. The van der Waals surface area contributed by atoms with Crippen LogP contribution in [0.5, 0.6) is 0 Å². The fourth-order valence-corrected chi connectivity index (χ4v) is 6.28. The third-order valence-corrected chi connectivity index (χ3v) is 8.76. The van der Waals surface area contributed by atoms with Crippen LogP contribution < -0.4 is 14.9 Å². The zero-order valence-corrected chi connectivity index (χ0v) is 24.8. The van der Waals surface area contributed by atoms with E-state index in [-0.39, 0.29) is 22.9 Å². The lowest BCUT2D eigenvalue weighted by atomic mass is 9.83. The summed E-state index contributed by atoms with van der Waals surface area (Å²) in [4.78, 5) is 30.4. The predicted molar refractivity (Wildman–Crippen MR) is 159 cm³/mol. The minimum Gasteiger partial charge on any atom is -0.362 e. The van der Waals surface area contributed by atoms with Crippen LogP contribution in [0.15, 0.2) is 53.7 Å². The van der Waals surface area contributed by atoms with Gasteiger partial charge in [0.25, 0.3) is 5.91 Å². The summed E-state index contributed by atoms with van der Waals surface area (Å²) in [5, 5.41) is 13.5. The molecule has 0 saturated carbocycles. The van der Waals surface area contributed by atoms with Gasteiger partial charge in [-0.25, -0.2) is 9.97 Å². The van der Waals surface area contributed by atoms with E-state index < -0.39 is 0 Å². The molecule has 40 heavy (non-hydrogen) atoms. The molecule has 2 N–H and O–H groups in total. The summed E-state index contributed by atoms with van der Waals surface area (Å²) in [6.07, 6.45) is 3.45. The average molecular weight is 556 g/mol. The van der Waals surface area contributed by atoms with E-state index in [1.807, 2.05) is 42.5 Å². The number of rotatable bonds is 1. The molecule has 1 fully saturated rings. The predicted octanol–water partition coefficient (Wildman–Crippen LogP) is 6.28. The lowest BCUT2D eigenvalue weighted by Crippen LogP contribution is -2.40. The van der Waals surface area contributed by atoms with Gasteiger partial charge in [0.05, 0.1) is 22.9 Å². The van der Waals surface area contributed by atoms with Crippen molar-refractivity contribution in [1.82, 2.24) is 19.7 Å². The molecule has 9 heteroatoms. The van der Waals surface area contributed by atoms with Crippen molar-refractivity contribution in [2.45, 2.75) is 76.4 Å². The third kappa shape index (κ3) is 5.78. The van der Waals surface area contributed by atoms with Crippen molar-refractivity contribution < 1.29 is 4.79 Å². The Morgan fingerprint density at radius 3 is 2.62 bits per heavy atom. The first-order chi connectivity index (χ1) is 18.9. The number of nitrogens with one attached hydrogen (secondary N) is 2. The number of pyridine rings is 3. The molecule has 2 aliphatic heterocycles. The first-order valence-corrected chi connectivity index (χ1v) is 14.6. The molecule has 208 valence electrons. The SMILES string of the molecule is C[C@H]1CC(c2ccc(C#N)cn2)Nc2cccc(n2)SNC(=O)c2ccc(C(C)(C)C)nc2N2C[C@@H]1CC2(C)C. The average Bonchev–Trinajstić information content (AvgIpc) is 3.25. The zero-order chi connectivity index (χ0) is 28.7. The van der Waals surface area contributed by atoms with Crippen molar-refractivity contribution in [2.24, 2.45) is 11.8 Å². The van der Waals surface area contributed by atoms with E-state index in [2.05, 4.69) is 67.5 Å². The number of carbonyl (C=O) groups excluding carboxylic acids is 1. The Hall–Kier alpha value is -3.64. The molecule has 3 atom stereocenters. The number of hydrogen-bond acceptors (Lipinski definition) is 8. The maximum absolute atomic E-state index is 13.6. The highest BCUT2D eigenvalue weighted by molar-refractivity contribution is 7.97. The Labute approximate surface area is 241 Å². The van der Waals surface area contributed by atoms with Crippen LogP contribution in [0, 0.1) is 23.2 Å². The molecule has 1 unspecified atom stereocenters. The Balaban J connectivity index is 1.58. The van der Waals surface area contributed by atoms with E-state index in [1.165, 1.54) is 11.9 Å². The summed E-state index contributed by atoms with van der Waals surface area (Å²) in [6.45, 7) is 14.0. The van der Waals surface area contributed by atoms with Gasteiger partial charge in [0.15, 0.2) is 0 Å². The maximum atomic E-state index is 13.6. The molecule has 0 aliphatic carbocycles. The van der Waals surface area contributed by atoms with Gasteiger partial charge in [0.2, 0.25) is 0 Å². The standard InChI is InChI=1S/C31H37N7OS/c1-19-14-24(23-12-10-20(16-32)17-33-23)34-26-8-7-9-27(36-26)40-37-29(39)22-11-13-25(30(2,3)4)35-28(22)38-18-21(19)15-31(38,5)6/h7-13,17,19,21,24H,14-15,18H2,1-6H3,(H,34,36)(H,37,39)/t19-,21-,24?/m0/s1. The molecular weight excluding hydrogens is 518 g/mol. The van der Waals surface area contributed by atoms with Crippen LogP contribution in [-0.4, -0.2) is 32.9 Å². The molecule has 0 spiro atoms. The Morgan fingerprint density at radius 1 is 1.12 bits per heavy atom. The lowest BCUT2D eigenvalue weighted by molar-refractivity contribution is 0.0984. The van der Waals surface area contributed by atoms with Gasteiger partial charge in [-0.1, -0.05) is 33.8 Å². The van der Waals surface area contributed by atoms with Gasteiger partial charge < -0.3 is 10.2 Å². The van der Waals surface area contributed by atoms with Crippen molar-refractivity contribution in [1.29, 1.82) is 5.26 Å². The maximum Gasteiger partial charge on any atom is 0.265 e. The number of carbonyl (C=O) groups is 1. The van der Waals surface area contributed by atoms with E-state index >= 15 is 0 Å². The lowest BCUT2D eigenvalue weighted by Gasteiger charge is -2.34. The molecule has 4 bridgehead atoms. The van der Waals surface area contributed by atoms with E-state index in [0.29, 0.717) is 33.8 Å². The summed E-state index contributed by atoms with van der Waals surface area (Å²) in [7, 11) is 0. The smallest absolute Gasteiger partial charge is 0.265 e. The second kappa shape index (κ2) is 10.7. The molecule has 5 rings (SSSR count). The molecule has 5 heterocycles. The Bertz CT molecular complexity index is 1440. The summed E-state index contributed by atoms with van der Waals surface area (Å²) in [6, 6.07) is 15.4. The largest absolute Gasteiger partial charge is 0.362 e.